The van der Waals surface area contributed by atoms with E-state index in [0.29, 0.717) is 18.1 Å². The number of hydrogen-bond acceptors (Lipinski definition) is 4. The summed E-state index contributed by atoms with van der Waals surface area (Å²) in [5, 5.41) is 0. The monoisotopic (exact) mass is 279 g/mol. The average molecular weight is 279 g/mol. The van der Waals surface area contributed by atoms with E-state index in [1.807, 2.05) is 12.1 Å². The van der Waals surface area contributed by atoms with E-state index < -0.39 is 9.84 Å². The van der Waals surface area contributed by atoms with Gasteiger partial charge in [-0.15, -0.1) is 0 Å². The molecule has 2 aromatic rings. The lowest BCUT2D eigenvalue weighted by atomic mass is 10.1. The van der Waals surface area contributed by atoms with Crippen LogP contribution in [0.5, 0.6) is 0 Å². The highest BCUT2D eigenvalue weighted by atomic mass is 32.2. The lowest BCUT2D eigenvalue weighted by Gasteiger charge is -2.11. The van der Waals surface area contributed by atoms with Crippen molar-refractivity contribution in [2.24, 2.45) is 5.92 Å². The quantitative estimate of drug-likeness (QED) is 0.852. The van der Waals surface area contributed by atoms with Crippen LogP contribution in [0, 0.1) is 5.92 Å². The topological polar surface area (TPSA) is 64.8 Å². The number of rotatable bonds is 3. The van der Waals surface area contributed by atoms with E-state index in [4.69, 9.17) is 0 Å². The fraction of sp³-hybridized carbons (Fsp3) is 0.538. The molecule has 1 aliphatic rings. The Hall–Kier alpha value is -1.43. The first-order chi connectivity index (χ1) is 9.09. The van der Waals surface area contributed by atoms with Crippen LogP contribution >= 0.6 is 0 Å². The highest BCUT2D eigenvalue weighted by Gasteiger charge is 2.29. The van der Waals surface area contributed by atoms with Crippen molar-refractivity contribution in [3.8, 4) is 0 Å². The third-order valence-electron chi connectivity index (χ3n) is 3.67. The Kier molecular flexibility index (Phi) is 3.05. The van der Waals surface area contributed by atoms with Crippen molar-refractivity contribution in [1.29, 1.82) is 0 Å². The Labute approximate surface area is 112 Å². The Bertz CT molecular complexity index is 706. The van der Waals surface area contributed by atoms with Gasteiger partial charge in [-0.1, -0.05) is 6.92 Å². The molecule has 102 valence electrons. The minimum atomic E-state index is -2.83. The SMILES string of the molecule is CCc1nc2cccnc2n1CC1CCS(=O)(=O)C1. The predicted octanol–water partition coefficient (Wildman–Crippen LogP) is 1.43. The lowest BCUT2D eigenvalue weighted by Crippen LogP contribution is -2.14. The van der Waals surface area contributed by atoms with E-state index in [2.05, 4.69) is 21.5 Å². The van der Waals surface area contributed by atoms with E-state index in [1.165, 1.54) is 0 Å². The summed E-state index contributed by atoms with van der Waals surface area (Å²) in [5.74, 6) is 1.79. The van der Waals surface area contributed by atoms with Gasteiger partial charge in [0, 0.05) is 19.2 Å². The molecule has 1 atom stereocenters. The molecule has 5 nitrogen and oxygen atoms in total. The Morgan fingerprint density at radius 3 is 3.00 bits per heavy atom. The van der Waals surface area contributed by atoms with Gasteiger partial charge in [0.2, 0.25) is 0 Å². The fourth-order valence-corrected chi connectivity index (χ4v) is 4.59. The molecule has 0 amide bonds. The normalized spacial score (nSPS) is 22.1. The van der Waals surface area contributed by atoms with Crippen molar-refractivity contribution in [3.05, 3.63) is 24.2 Å². The second kappa shape index (κ2) is 4.59. The molecule has 6 heteroatoms. The number of aryl methyl sites for hydroxylation is 1. The summed E-state index contributed by atoms with van der Waals surface area (Å²) in [6.07, 6.45) is 3.33. The largest absolute Gasteiger partial charge is 0.312 e. The summed E-state index contributed by atoms with van der Waals surface area (Å²) < 4.78 is 25.2. The predicted molar refractivity (Wildman–Crippen MR) is 73.7 cm³/mol. The summed E-state index contributed by atoms with van der Waals surface area (Å²) in [4.78, 5) is 8.94. The van der Waals surface area contributed by atoms with Gasteiger partial charge in [0.05, 0.1) is 11.5 Å². The Morgan fingerprint density at radius 2 is 2.32 bits per heavy atom. The van der Waals surface area contributed by atoms with Crippen LogP contribution in [0.1, 0.15) is 19.2 Å². The van der Waals surface area contributed by atoms with Crippen molar-refractivity contribution >= 4 is 21.0 Å². The summed E-state index contributed by atoms with van der Waals surface area (Å²) in [5.41, 5.74) is 1.75. The van der Waals surface area contributed by atoms with Gasteiger partial charge in [-0.2, -0.15) is 0 Å². The smallest absolute Gasteiger partial charge is 0.159 e. The number of imidazole rings is 1. The molecule has 1 fully saturated rings. The molecule has 19 heavy (non-hydrogen) atoms. The summed E-state index contributed by atoms with van der Waals surface area (Å²) in [6, 6.07) is 3.82. The van der Waals surface area contributed by atoms with Crippen LogP contribution in [-0.2, 0) is 22.8 Å². The van der Waals surface area contributed by atoms with Gasteiger partial charge < -0.3 is 4.57 Å². The van der Waals surface area contributed by atoms with Crippen LogP contribution in [0.25, 0.3) is 11.2 Å². The van der Waals surface area contributed by atoms with Gasteiger partial charge in [-0.25, -0.2) is 18.4 Å². The molecule has 0 aliphatic carbocycles. The van der Waals surface area contributed by atoms with Gasteiger partial charge in [0.1, 0.15) is 11.3 Å². The highest BCUT2D eigenvalue weighted by Crippen LogP contribution is 2.23. The molecular weight excluding hydrogens is 262 g/mol. The van der Waals surface area contributed by atoms with E-state index in [-0.39, 0.29) is 5.92 Å². The van der Waals surface area contributed by atoms with Gasteiger partial charge in [-0.3, -0.25) is 0 Å². The van der Waals surface area contributed by atoms with Gasteiger partial charge >= 0.3 is 0 Å². The Morgan fingerprint density at radius 1 is 1.47 bits per heavy atom. The van der Waals surface area contributed by atoms with E-state index in [9.17, 15) is 8.42 Å². The maximum absolute atomic E-state index is 11.5. The van der Waals surface area contributed by atoms with E-state index in [1.54, 1.807) is 6.20 Å². The third kappa shape index (κ3) is 2.36. The first-order valence-corrected chi connectivity index (χ1v) is 8.42. The van der Waals surface area contributed by atoms with Crippen molar-refractivity contribution in [2.75, 3.05) is 11.5 Å². The molecule has 3 heterocycles. The molecule has 0 radical (unpaired) electrons. The molecule has 0 saturated carbocycles. The minimum absolute atomic E-state index is 0.190. The first-order valence-electron chi connectivity index (χ1n) is 6.59. The van der Waals surface area contributed by atoms with E-state index >= 15 is 0 Å². The van der Waals surface area contributed by atoms with Crippen molar-refractivity contribution < 1.29 is 8.42 Å². The van der Waals surface area contributed by atoms with Crippen molar-refractivity contribution in [3.63, 3.8) is 0 Å². The molecule has 0 spiro atoms. The maximum Gasteiger partial charge on any atom is 0.159 e. The molecule has 1 unspecified atom stereocenters. The van der Waals surface area contributed by atoms with Crippen molar-refractivity contribution in [2.45, 2.75) is 26.3 Å². The fourth-order valence-electron chi connectivity index (χ4n) is 2.74. The molecule has 2 aromatic heterocycles. The molecule has 3 rings (SSSR count). The maximum atomic E-state index is 11.5. The van der Waals surface area contributed by atoms with Crippen LogP contribution in [-0.4, -0.2) is 34.5 Å². The molecule has 1 aliphatic heterocycles. The van der Waals surface area contributed by atoms with Crippen LogP contribution < -0.4 is 0 Å². The number of hydrogen-bond donors (Lipinski definition) is 0. The van der Waals surface area contributed by atoms with Crippen LogP contribution in [0.3, 0.4) is 0 Å². The first kappa shape index (κ1) is 12.6. The number of aromatic nitrogens is 3. The Balaban J connectivity index is 1.96. The second-order valence-corrected chi connectivity index (χ2v) is 7.34. The van der Waals surface area contributed by atoms with Gasteiger partial charge in [0.25, 0.3) is 0 Å². The molecular formula is C13H17N3O2S. The van der Waals surface area contributed by atoms with E-state index in [0.717, 1.165) is 29.8 Å². The summed E-state index contributed by atoms with van der Waals surface area (Å²) >= 11 is 0. The number of nitrogens with zero attached hydrogens (tertiary/aromatic N) is 3. The van der Waals surface area contributed by atoms with Crippen LogP contribution in [0.2, 0.25) is 0 Å². The number of fused-ring (bicyclic) bond motifs is 1. The molecule has 0 aromatic carbocycles. The van der Waals surface area contributed by atoms with Crippen LogP contribution in [0.15, 0.2) is 18.3 Å². The number of pyridine rings is 1. The summed E-state index contributed by atoms with van der Waals surface area (Å²) in [7, 11) is -2.83. The number of sulfone groups is 1. The third-order valence-corrected chi connectivity index (χ3v) is 5.50. The minimum Gasteiger partial charge on any atom is -0.312 e. The lowest BCUT2D eigenvalue weighted by molar-refractivity contribution is 0.486. The van der Waals surface area contributed by atoms with Crippen molar-refractivity contribution in [1.82, 2.24) is 14.5 Å². The van der Waals surface area contributed by atoms with Crippen LogP contribution in [0.4, 0.5) is 0 Å². The second-order valence-electron chi connectivity index (χ2n) is 5.11. The molecule has 1 saturated heterocycles. The summed E-state index contributed by atoms with van der Waals surface area (Å²) in [6.45, 7) is 2.76. The zero-order valence-corrected chi connectivity index (χ0v) is 11.7. The van der Waals surface area contributed by atoms with Gasteiger partial charge in [0.15, 0.2) is 15.5 Å². The molecule has 0 N–H and O–H groups in total. The standard InChI is InChI=1S/C13H17N3O2S/c1-2-12-15-11-4-3-6-14-13(11)16(12)8-10-5-7-19(17,18)9-10/h3-4,6,10H,2,5,7-9H2,1H3. The highest BCUT2D eigenvalue weighted by molar-refractivity contribution is 7.91. The average Bonchev–Trinajstić information content (AvgIpc) is 2.91. The zero-order valence-electron chi connectivity index (χ0n) is 10.9. The van der Waals surface area contributed by atoms with Gasteiger partial charge in [-0.05, 0) is 24.5 Å². The molecule has 0 bridgehead atoms. The zero-order chi connectivity index (χ0) is 13.5.